The van der Waals surface area contributed by atoms with Gasteiger partial charge < -0.3 is 20.1 Å². The van der Waals surface area contributed by atoms with Crippen LogP contribution in [0.1, 0.15) is 36.6 Å². The first-order chi connectivity index (χ1) is 21.7. The van der Waals surface area contributed by atoms with E-state index in [9.17, 15) is 13.2 Å². The number of aryl methyl sites for hydroxylation is 2. The Hall–Kier alpha value is -4.18. The number of rotatable bonds is 7. The Balaban J connectivity index is 1.31. The molecule has 0 spiro atoms. The molecule has 2 saturated heterocycles. The van der Waals surface area contributed by atoms with E-state index in [1.54, 1.807) is 16.8 Å². The minimum Gasteiger partial charge on any atom is -0.369 e. The third-order valence-electron chi connectivity index (χ3n) is 8.66. The van der Waals surface area contributed by atoms with Crippen molar-refractivity contribution in [1.82, 2.24) is 28.7 Å². The summed E-state index contributed by atoms with van der Waals surface area (Å²) in [7, 11) is -3.21. The summed E-state index contributed by atoms with van der Waals surface area (Å²) in [5, 5.41) is 7.46. The predicted molar refractivity (Wildman–Crippen MR) is 179 cm³/mol. The first-order valence-electron chi connectivity index (χ1n) is 15.5. The molecule has 0 bridgehead atoms. The summed E-state index contributed by atoms with van der Waals surface area (Å²) in [6, 6.07) is 12.0. The van der Waals surface area contributed by atoms with Crippen molar-refractivity contribution in [3.63, 3.8) is 0 Å². The molecule has 236 valence electrons. The largest absolute Gasteiger partial charge is 0.369 e. The minimum atomic E-state index is -3.21. The summed E-state index contributed by atoms with van der Waals surface area (Å²) >= 11 is 0. The van der Waals surface area contributed by atoms with Gasteiger partial charge in [0.2, 0.25) is 16.0 Å². The molecule has 4 aromatic rings. The van der Waals surface area contributed by atoms with Gasteiger partial charge in [0, 0.05) is 86.6 Å². The third kappa shape index (κ3) is 6.91. The fourth-order valence-electron chi connectivity index (χ4n) is 6.15. The monoisotopic (exact) mass is 628 g/mol. The van der Waals surface area contributed by atoms with Gasteiger partial charge in [0.1, 0.15) is 5.65 Å². The molecule has 2 aliphatic heterocycles. The highest BCUT2D eigenvalue weighted by Gasteiger charge is 2.24. The summed E-state index contributed by atoms with van der Waals surface area (Å²) in [4.78, 5) is 25.8. The van der Waals surface area contributed by atoms with E-state index in [4.69, 9.17) is 4.98 Å². The van der Waals surface area contributed by atoms with E-state index < -0.39 is 10.0 Å². The first kappa shape index (κ1) is 30.8. The average Bonchev–Trinajstić information content (AvgIpc) is 3.49. The van der Waals surface area contributed by atoms with Crippen LogP contribution in [0.25, 0.3) is 11.0 Å². The molecule has 1 aromatic carbocycles. The van der Waals surface area contributed by atoms with Gasteiger partial charge in [0.15, 0.2) is 0 Å². The number of hydrogen-bond acceptors (Lipinski definition) is 8. The summed E-state index contributed by atoms with van der Waals surface area (Å²) in [5.41, 5.74) is 4.96. The summed E-state index contributed by atoms with van der Waals surface area (Å²) in [6.45, 7) is 10.1. The fourth-order valence-corrected chi connectivity index (χ4v) is 7.03. The van der Waals surface area contributed by atoms with E-state index in [2.05, 4.69) is 62.9 Å². The van der Waals surface area contributed by atoms with Gasteiger partial charge in [-0.2, -0.15) is 4.98 Å². The van der Waals surface area contributed by atoms with Gasteiger partial charge in [-0.25, -0.2) is 17.7 Å². The van der Waals surface area contributed by atoms with Crippen molar-refractivity contribution in [2.24, 2.45) is 5.92 Å². The lowest BCUT2D eigenvalue weighted by Crippen LogP contribution is -2.43. The molecule has 0 unspecified atom stereocenters. The molecule has 0 aliphatic carbocycles. The van der Waals surface area contributed by atoms with Crippen LogP contribution in [0.5, 0.6) is 0 Å². The van der Waals surface area contributed by atoms with E-state index in [1.807, 2.05) is 24.4 Å². The standard InChI is InChI=1S/C33H40N8O3S/c1-4-38-15-5-6-29(38)23-41-31-27(21-26(32(41)42)8-7-25-11-16-40(17-12-25)45(3,43)44)22-35-33(37-31)36-28-9-10-30(24(2)20-28)39-18-13-34-14-19-39/h5-6,9-10,15,20-22,25,34H,4,11-14,16-19,23H2,1-3H3,(H,35,36,37). The highest BCUT2D eigenvalue weighted by molar-refractivity contribution is 7.88. The fraction of sp³-hybridized carbons (Fsp3) is 0.424. The normalized spacial score (nSPS) is 16.5. The number of pyridine rings is 1. The molecular weight excluding hydrogens is 588 g/mol. The van der Waals surface area contributed by atoms with Crippen LogP contribution in [0.15, 0.2) is 53.6 Å². The molecule has 2 N–H and O–H groups in total. The van der Waals surface area contributed by atoms with Crippen molar-refractivity contribution in [2.45, 2.75) is 39.8 Å². The van der Waals surface area contributed by atoms with Gasteiger partial charge in [0.25, 0.3) is 5.56 Å². The molecular formula is C33H40N8O3S. The van der Waals surface area contributed by atoms with Crippen LogP contribution in [-0.4, -0.2) is 77.3 Å². The van der Waals surface area contributed by atoms with Crippen LogP contribution < -0.4 is 21.1 Å². The number of aromatic nitrogens is 4. The highest BCUT2D eigenvalue weighted by atomic mass is 32.2. The predicted octanol–water partition coefficient (Wildman–Crippen LogP) is 3.15. The number of fused-ring (bicyclic) bond motifs is 1. The number of piperazine rings is 1. The maximum absolute atomic E-state index is 13.9. The zero-order valence-electron chi connectivity index (χ0n) is 26.1. The molecule has 5 heterocycles. The molecule has 2 aliphatic rings. The average molecular weight is 629 g/mol. The smallest absolute Gasteiger partial charge is 0.268 e. The van der Waals surface area contributed by atoms with Crippen molar-refractivity contribution in [3.8, 4) is 11.8 Å². The van der Waals surface area contributed by atoms with Gasteiger partial charge in [-0.15, -0.1) is 0 Å². The number of piperidine rings is 1. The van der Waals surface area contributed by atoms with Crippen molar-refractivity contribution in [2.75, 3.05) is 55.7 Å². The quantitative estimate of drug-likeness (QED) is 0.300. The summed E-state index contributed by atoms with van der Waals surface area (Å²) in [6.07, 6.45) is 6.25. The number of anilines is 3. The Morgan fingerprint density at radius 2 is 1.87 bits per heavy atom. The summed E-state index contributed by atoms with van der Waals surface area (Å²) in [5.74, 6) is 6.82. The molecule has 2 fully saturated rings. The van der Waals surface area contributed by atoms with E-state index in [1.165, 1.54) is 21.8 Å². The molecule has 45 heavy (non-hydrogen) atoms. The van der Waals surface area contributed by atoms with Crippen LogP contribution in [-0.2, 0) is 23.1 Å². The summed E-state index contributed by atoms with van der Waals surface area (Å²) < 4.78 is 29.1. The van der Waals surface area contributed by atoms with Crippen molar-refractivity contribution < 1.29 is 8.42 Å². The van der Waals surface area contributed by atoms with Crippen molar-refractivity contribution >= 4 is 38.4 Å². The number of hydrogen-bond donors (Lipinski definition) is 2. The van der Waals surface area contributed by atoms with Gasteiger partial charge in [0.05, 0.1) is 18.4 Å². The van der Waals surface area contributed by atoms with E-state index in [-0.39, 0.29) is 11.5 Å². The Labute approximate surface area is 264 Å². The van der Waals surface area contributed by atoms with Crippen LogP contribution in [0, 0.1) is 24.7 Å². The van der Waals surface area contributed by atoms with Gasteiger partial charge in [-0.3, -0.25) is 9.36 Å². The zero-order chi connectivity index (χ0) is 31.6. The molecule has 6 rings (SSSR count). The second kappa shape index (κ2) is 13.0. The number of benzene rings is 1. The lowest BCUT2D eigenvalue weighted by Gasteiger charge is -2.30. The highest BCUT2D eigenvalue weighted by Crippen LogP contribution is 2.26. The van der Waals surface area contributed by atoms with Gasteiger partial charge in [-0.05, 0) is 68.7 Å². The van der Waals surface area contributed by atoms with Crippen LogP contribution in [0.4, 0.5) is 17.3 Å². The van der Waals surface area contributed by atoms with Crippen molar-refractivity contribution in [3.05, 3.63) is 76.0 Å². The number of sulfonamides is 1. The molecule has 0 atom stereocenters. The second-order valence-corrected chi connectivity index (χ2v) is 13.8. The topological polar surface area (TPSA) is 117 Å². The number of nitrogens with one attached hydrogen (secondary N) is 2. The van der Waals surface area contributed by atoms with Crippen LogP contribution in [0.3, 0.4) is 0 Å². The molecule has 3 aromatic heterocycles. The lowest BCUT2D eigenvalue weighted by molar-refractivity contribution is 0.313. The third-order valence-corrected chi connectivity index (χ3v) is 9.96. The Morgan fingerprint density at radius 3 is 2.58 bits per heavy atom. The zero-order valence-corrected chi connectivity index (χ0v) is 26.9. The minimum absolute atomic E-state index is 0.0214. The maximum Gasteiger partial charge on any atom is 0.268 e. The molecule has 0 radical (unpaired) electrons. The Bertz CT molecular complexity index is 1920. The van der Waals surface area contributed by atoms with Gasteiger partial charge >= 0.3 is 0 Å². The second-order valence-electron chi connectivity index (χ2n) is 11.8. The van der Waals surface area contributed by atoms with E-state index in [0.717, 1.165) is 49.5 Å². The number of nitrogens with zero attached hydrogens (tertiary/aromatic N) is 6. The molecule has 0 saturated carbocycles. The SMILES string of the molecule is CCn1cccc1Cn1c(=O)c(C#CC2CCN(S(C)(=O)=O)CC2)cc2cnc(Nc3ccc(N4CCNCC4)c(C)c3)nc21. The maximum atomic E-state index is 13.9. The molecule has 11 nitrogen and oxygen atoms in total. The van der Waals surface area contributed by atoms with Crippen molar-refractivity contribution in [1.29, 1.82) is 0 Å². The molecule has 12 heteroatoms. The lowest BCUT2D eigenvalue weighted by atomic mass is 9.98. The Kier molecular flexibility index (Phi) is 8.94. The van der Waals surface area contributed by atoms with E-state index >= 15 is 0 Å². The molecule has 0 amide bonds. The first-order valence-corrected chi connectivity index (χ1v) is 17.4. The van der Waals surface area contributed by atoms with Gasteiger partial charge in [-0.1, -0.05) is 11.8 Å². The van der Waals surface area contributed by atoms with E-state index in [0.29, 0.717) is 49.6 Å². The Morgan fingerprint density at radius 1 is 1.09 bits per heavy atom. The van der Waals surface area contributed by atoms with Crippen LogP contribution in [0.2, 0.25) is 0 Å². The van der Waals surface area contributed by atoms with Crippen LogP contribution >= 0.6 is 0 Å².